The van der Waals surface area contributed by atoms with Gasteiger partial charge < -0.3 is 10.2 Å². The van der Waals surface area contributed by atoms with Crippen LogP contribution >= 0.6 is 34.7 Å². The largest absolute Gasteiger partial charge is 0.334 e. The highest BCUT2D eigenvalue weighted by Crippen LogP contribution is 2.32. The van der Waals surface area contributed by atoms with Gasteiger partial charge in [-0.25, -0.2) is 0 Å². The van der Waals surface area contributed by atoms with Gasteiger partial charge in [-0.2, -0.15) is 0 Å². The third-order valence-corrected chi connectivity index (χ3v) is 5.79. The highest BCUT2D eigenvalue weighted by Gasteiger charge is 2.20. The number of nitrogens with zero attached hydrogens (tertiary/aromatic N) is 1. The van der Waals surface area contributed by atoms with Crippen molar-refractivity contribution in [2.24, 2.45) is 0 Å². The number of carbonyl (C=O) groups excluding carboxylic acids is 2. The van der Waals surface area contributed by atoms with Gasteiger partial charge in [0.15, 0.2) is 0 Å². The maximum absolute atomic E-state index is 12.7. The fourth-order valence-corrected chi connectivity index (χ4v) is 4.24. The first-order valence-corrected chi connectivity index (χ1v) is 9.35. The van der Waals surface area contributed by atoms with E-state index in [1.807, 2.05) is 31.2 Å². The second-order valence-electron chi connectivity index (χ2n) is 5.07. The minimum atomic E-state index is -0.0513. The minimum Gasteiger partial charge on any atom is -0.334 e. The molecule has 7 heteroatoms. The van der Waals surface area contributed by atoms with Crippen LogP contribution in [0.2, 0.25) is 4.34 Å². The molecule has 1 aromatic carbocycles. The summed E-state index contributed by atoms with van der Waals surface area (Å²) < 4.78 is 0.719. The van der Waals surface area contributed by atoms with E-state index in [9.17, 15) is 9.59 Å². The Balaban J connectivity index is 1.80. The molecule has 2 amide bonds. The van der Waals surface area contributed by atoms with Crippen LogP contribution in [-0.4, -0.2) is 29.0 Å². The van der Waals surface area contributed by atoms with Gasteiger partial charge in [0.25, 0.3) is 5.91 Å². The molecule has 0 aliphatic carbocycles. The molecule has 2 aromatic rings. The fraction of sp³-hybridized carbons (Fsp3) is 0.250. The number of nitrogens with one attached hydrogen (secondary N) is 1. The summed E-state index contributed by atoms with van der Waals surface area (Å²) in [7, 11) is 0. The molecule has 1 aromatic heterocycles. The van der Waals surface area contributed by atoms with Crippen molar-refractivity contribution < 1.29 is 9.59 Å². The van der Waals surface area contributed by atoms with E-state index < -0.39 is 0 Å². The van der Waals surface area contributed by atoms with Gasteiger partial charge in [-0.05, 0) is 37.3 Å². The average Bonchev–Trinajstić information content (AvgIpc) is 2.96. The summed E-state index contributed by atoms with van der Waals surface area (Å²) in [6, 6.07) is 9.24. The van der Waals surface area contributed by atoms with Gasteiger partial charge in [0.2, 0.25) is 5.91 Å². The maximum Gasteiger partial charge on any atom is 0.254 e. The van der Waals surface area contributed by atoms with Crippen LogP contribution in [0.25, 0.3) is 0 Å². The molecule has 0 unspecified atom stereocenters. The lowest BCUT2D eigenvalue weighted by molar-refractivity contribution is -0.113. The van der Waals surface area contributed by atoms with Gasteiger partial charge in [-0.1, -0.05) is 11.6 Å². The van der Waals surface area contributed by atoms with Crippen LogP contribution in [0, 0.1) is 0 Å². The Bertz CT molecular complexity index is 760. The Labute approximate surface area is 147 Å². The highest BCUT2D eigenvalue weighted by molar-refractivity contribution is 8.00. The quantitative estimate of drug-likeness (QED) is 0.885. The number of anilines is 1. The molecular formula is C16H15ClN2O2S2. The Hall–Kier alpha value is -1.50. The molecule has 0 fully saturated rings. The van der Waals surface area contributed by atoms with E-state index in [-0.39, 0.29) is 11.8 Å². The molecule has 1 aliphatic heterocycles. The number of benzene rings is 1. The van der Waals surface area contributed by atoms with Crippen molar-refractivity contribution in [1.29, 1.82) is 0 Å². The smallest absolute Gasteiger partial charge is 0.254 e. The summed E-state index contributed by atoms with van der Waals surface area (Å²) in [4.78, 5) is 28.0. The number of carbonyl (C=O) groups is 2. The van der Waals surface area contributed by atoms with E-state index >= 15 is 0 Å². The summed E-state index contributed by atoms with van der Waals surface area (Å²) in [6.45, 7) is 3.08. The summed E-state index contributed by atoms with van der Waals surface area (Å²) in [5.41, 5.74) is 1.29. The number of hydrogen-bond acceptors (Lipinski definition) is 4. The summed E-state index contributed by atoms with van der Waals surface area (Å²) >= 11 is 8.91. The zero-order valence-corrected chi connectivity index (χ0v) is 14.9. The Kier molecular flexibility index (Phi) is 4.94. The molecular weight excluding hydrogens is 352 g/mol. The Morgan fingerprint density at radius 1 is 1.35 bits per heavy atom. The van der Waals surface area contributed by atoms with Crippen molar-refractivity contribution in [3.8, 4) is 0 Å². The number of fused-ring (bicyclic) bond motifs is 1. The van der Waals surface area contributed by atoms with Gasteiger partial charge in [0.1, 0.15) is 0 Å². The van der Waals surface area contributed by atoms with E-state index in [1.54, 1.807) is 11.0 Å². The van der Waals surface area contributed by atoms with Crippen molar-refractivity contribution >= 4 is 52.2 Å². The average molecular weight is 367 g/mol. The van der Waals surface area contributed by atoms with Crippen molar-refractivity contribution in [2.45, 2.75) is 18.4 Å². The van der Waals surface area contributed by atoms with Gasteiger partial charge in [-0.15, -0.1) is 23.1 Å². The summed E-state index contributed by atoms with van der Waals surface area (Å²) in [6.07, 6.45) is 0. The third kappa shape index (κ3) is 3.71. The summed E-state index contributed by atoms with van der Waals surface area (Å²) in [5, 5.41) is 2.82. The first kappa shape index (κ1) is 16.4. The molecule has 3 rings (SSSR count). The standard InChI is InChI=1S/C16H15ClN2O2S2/c1-2-19(8-11-4-6-14(17)23-11)16(21)10-3-5-13-12(7-10)18-15(20)9-22-13/h3-7H,2,8-9H2,1H3,(H,18,20). The molecule has 1 N–H and O–H groups in total. The van der Waals surface area contributed by atoms with Crippen LogP contribution in [0.4, 0.5) is 5.69 Å². The maximum atomic E-state index is 12.7. The first-order chi connectivity index (χ1) is 11.1. The van der Waals surface area contributed by atoms with Crippen LogP contribution < -0.4 is 5.32 Å². The molecule has 0 saturated heterocycles. The van der Waals surface area contributed by atoms with Gasteiger partial charge in [0.05, 0.1) is 22.3 Å². The molecule has 23 heavy (non-hydrogen) atoms. The zero-order valence-electron chi connectivity index (χ0n) is 12.5. The number of halogens is 1. The van der Waals surface area contributed by atoms with Crippen molar-refractivity contribution in [3.05, 3.63) is 45.1 Å². The Morgan fingerprint density at radius 3 is 2.87 bits per heavy atom. The Morgan fingerprint density at radius 2 is 2.17 bits per heavy atom. The number of thioether (sulfide) groups is 1. The first-order valence-electron chi connectivity index (χ1n) is 7.17. The lowest BCUT2D eigenvalue weighted by Gasteiger charge is -2.22. The van der Waals surface area contributed by atoms with Crippen LogP contribution in [0.1, 0.15) is 22.2 Å². The van der Waals surface area contributed by atoms with E-state index in [0.717, 1.165) is 14.1 Å². The van der Waals surface area contributed by atoms with Gasteiger partial charge in [0, 0.05) is 21.9 Å². The number of hydrogen-bond donors (Lipinski definition) is 1. The lowest BCUT2D eigenvalue weighted by atomic mass is 10.1. The van der Waals surface area contributed by atoms with Crippen molar-refractivity contribution in [2.75, 3.05) is 17.6 Å². The second-order valence-corrected chi connectivity index (χ2v) is 7.89. The molecule has 0 bridgehead atoms. The number of rotatable bonds is 4. The highest BCUT2D eigenvalue weighted by atomic mass is 35.5. The predicted molar refractivity (Wildman–Crippen MR) is 95.5 cm³/mol. The van der Waals surface area contributed by atoms with E-state index in [1.165, 1.54) is 23.1 Å². The molecule has 0 saturated carbocycles. The molecule has 120 valence electrons. The van der Waals surface area contributed by atoms with E-state index in [2.05, 4.69) is 5.32 Å². The van der Waals surface area contributed by atoms with Crippen LogP contribution in [0.15, 0.2) is 35.2 Å². The number of amides is 2. The van der Waals surface area contributed by atoms with E-state index in [4.69, 9.17) is 11.6 Å². The van der Waals surface area contributed by atoms with Crippen molar-refractivity contribution in [3.63, 3.8) is 0 Å². The minimum absolute atomic E-state index is 0.0346. The van der Waals surface area contributed by atoms with Crippen LogP contribution in [-0.2, 0) is 11.3 Å². The van der Waals surface area contributed by atoms with Gasteiger partial charge in [-0.3, -0.25) is 9.59 Å². The lowest BCUT2D eigenvalue weighted by Crippen LogP contribution is -2.30. The molecule has 0 atom stereocenters. The molecule has 2 heterocycles. The number of thiophene rings is 1. The third-order valence-electron chi connectivity index (χ3n) is 3.50. The van der Waals surface area contributed by atoms with Crippen molar-refractivity contribution in [1.82, 2.24) is 4.90 Å². The SMILES string of the molecule is CCN(Cc1ccc(Cl)s1)C(=O)c1ccc2c(c1)NC(=O)CS2. The molecule has 4 nitrogen and oxygen atoms in total. The molecule has 0 radical (unpaired) electrons. The molecule has 1 aliphatic rings. The van der Waals surface area contributed by atoms with Crippen LogP contribution in [0.5, 0.6) is 0 Å². The summed E-state index contributed by atoms with van der Waals surface area (Å²) in [5.74, 6) is 0.331. The predicted octanol–water partition coefficient (Wildman–Crippen LogP) is 4.11. The second kappa shape index (κ2) is 6.95. The zero-order chi connectivity index (χ0) is 16.4. The monoisotopic (exact) mass is 366 g/mol. The fourth-order valence-electron chi connectivity index (χ4n) is 2.35. The van der Waals surface area contributed by atoms with Gasteiger partial charge >= 0.3 is 0 Å². The van der Waals surface area contributed by atoms with Crippen LogP contribution in [0.3, 0.4) is 0 Å². The molecule has 0 spiro atoms. The normalized spacial score (nSPS) is 13.4. The van der Waals surface area contributed by atoms with E-state index in [0.29, 0.717) is 30.1 Å². The topological polar surface area (TPSA) is 49.4 Å².